The van der Waals surface area contributed by atoms with Crippen molar-refractivity contribution < 1.29 is 19.1 Å². The number of fused-ring (bicyclic) bond motifs is 1. The number of ether oxygens (including phenoxy) is 1. The molecule has 0 saturated heterocycles. The zero-order valence-corrected chi connectivity index (χ0v) is 14.9. The predicted molar refractivity (Wildman–Crippen MR) is 93.1 cm³/mol. The predicted octanol–water partition coefficient (Wildman–Crippen LogP) is 2.44. The second kappa shape index (κ2) is 8.19. The number of amides is 2. The van der Waals surface area contributed by atoms with Gasteiger partial charge in [-0.15, -0.1) is 11.8 Å². The molecule has 24 heavy (non-hydrogen) atoms. The number of thioether (sulfide) groups is 1. The first-order valence-electron chi connectivity index (χ1n) is 7.92. The summed E-state index contributed by atoms with van der Waals surface area (Å²) in [6.07, 6.45) is -0.439. The maximum Gasteiger partial charge on any atom is 0.338 e. The van der Waals surface area contributed by atoms with Crippen molar-refractivity contribution in [3.05, 3.63) is 23.8 Å². The fraction of sp³-hybridized carbons (Fsp3) is 0.471. The van der Waals surface area contributed by atoms with Gasteiger partial charge in [0.15, 0.2) is 6.10 Å². The van der Waals surface area contributed by atoms with Crippen molar-refractivity contribution >= 4 is 35.2 Å². The molecule has 0 aromatic heterocycles. The highest BCUT2D eigenvalue weighted by Crippen LogP contribution is 2.31. The molecule has 7 heteroatoms. The van der Waals surface area contributed by atoms with Crippen LogP contribution in [0.15, 0.2) is 23.1 Å². The molecule has 1 aromatic rings. The standard InChI is InChI=1S/C17H22N2O4S/c1-10(2)9-18-16(21)11(3)23-17(22)12-4-5-14-13(8-12)19-15(20)6-7-24-14/h4-5,8,10-11H,6-7,9H2,1-3H3,(H,18,21)(H,19,20)/t11-/m0/s1. The van der Waals surface area contributed by atoms with Crippen molar-refractivity contribution in [1.29, 1.82) is 0 Å². The van der Waals surface area contributed by atoms with E-state index in [4.69, 9.17) is 4.74 Å². The molecule has 130 valence electrons. The van der Waals surface area contributed by atoms with Gasteiger partial charge in [0, 0.05) is 23.6 Å². The monoisotopic (exact) mass is 350 g/mol. The summed E-state index contributed by atoms with van der Waals surface area (Å²) in [5.74, 6) is 0.0373. The van der Waals surface area contributed by atoms with Gasteiger partial charge in [-0.2, -0.15) is 0 Å². The third-order valence-electron chi connectivity index (χ3n) is 3.41. The smallest absolute Gasteiger partial charge is 0.338 e. The molecule has 2 N–H and O–H groups in total. The Morgan fingerprint density at radius 3 is 2.79 bits per heavy atom. The van der Waals surface area contributed by atoms with Gasteiger partial charge in [-0.1, -0.05) is 13.8 Å². The van der Waals surface area contributed by atoms with E-state index in [2.05, 4.69) is 10.6 Å². The van der Waals surface area contributed by atoms with Crippen molar-refractivity contribution in [3.63, 3.8) is 0 Å². The Morgan fingerprint density at radius 1 is 1.33 bits per heavy atom. The maximum atomic E-state index is 12.2. The molecular formula is C17H22N2O4S. The van der Waals surface area contributed by atoms with Crippen molar-refractivity contribution in [2.24, 2.45) is 5.92 Å². The summed E-state index contributed by atoms with van der Waals surface area (Å²) in [4.78, 5) is 36.7. The first-order valence-corrected chi connectivity index (χ1v) is 8.90. The second-order valence-corrected chi connectivity index (χ2v) is 7.18. The van der Waals surface area contributed by atoms with Crippen LogP contribution in [0.25, 0.3) is 0 Å². The number of esters is 1. The summed E-state index contributed by atoms with van der Waals surface area (Å²) >= 11 is 1.56. The molecule has 0 unspecified atom stereocenters. The molecule has 0 radical (unpaired) electrons. The quantitative estimate of drug-likeness (QED) is 0.797. The van der Waals surface area contributed by atoms with Gasteiger partial charge in [0.05, 0.1) is 11.3 Å². The molecule has 1 aliphatic heterocycles. The molecule has 1 heterocycles. The van der Waals surface area contributed by atoms with Crippen LogP contribution < -0.4 is 10.6 Å². The largest absolute Gasteiger partial charge is 0.449 e. The zero-order valence-electron chi connectivity index (χ0n) is 14.0. The van der Waals surface area contributed by atoms with E-state index >= 15 is 0 Å². The SMILES string of the molecule is CC(C)CNC(=O)[C@H](C)OC(=O)c1ccc2c(c1)NC(=O)CCS2. The van der Waals surface area contributed by atoms with Crippen molar-refractivity contribution in [1.82, 2.24) is 5.32 Å². The highest BCUT2D eigenvalue weighted by molar-refractivity contribution is 7.99. The average Bonchev–Trinajstić information content (AvgIpc) is 2.71. The average molecular weight is 350 g/mol. The van der Waals surface area contributed by atoms with E-state index in [0.717, 1.165) is 4.90 Å². The normalized spacial score (nSPS) is 15.1. The van der Waals surface area contributed by atoms with Gasteiger partial charge in [0.1, 0.15) is 0 Å². The molecule has 0 fully saturated rings. The summed E-state index contributed by atoms with van der Waals surface area (Å²) in [6, 6.07) is 5.02. The number of carbonyl (C=O) groups is 3. The highest BCUT2D eigenvalue weighted by Gasteiger charge is 2.21. The van der Waals surface area contributed by atoms with Crippen LogP contribution in [0.3, 0.4) is 0 Å². The van der Waals surface area contributed by atoms with Gasteiger partial charge in [0.25, 0.3) is 5.91 Å². The molecule has 1 atom stereocenters. The van der Waals surface area contributed by atoms with E-state index in [1.165, 1.54) is 6.92 Å². The lowest BCUT2D eigenvalue weighted by Crippen LogP contribution is -2.37. The lowest BCUT2D eigenvalue weighted by atomic mass is 10.2. The summed E-state index contributed by atoms with van der Waals surface area (Å²) in [5, 5.41) is 5.51. The van der Waals surface area contributed by atoms with Crippen LogP contribution in [-0.4, -0.2) is 36.2 Å². The Kier molecular flexibility index (Phi) is 6.25. The Balaban J connectivity index is 2.02. The van der Waals surface area contributed by atoms with Gasteiger partial charge in [-0.05, 0) is 31.0 Å². The first kappa shape index (κ1) is 18.3. The molecule has 6 nitrogen and oxygen atoms in total. The highest BCUT2D eigenvalue weighted by atomic mass is 32.2. The number of anilines is 1. The van der Waals surface area contributed by atoms with Crippen LogP contribution in [0.5, 0.6) is 0 Å². The number of hydrogen-bond acceptors (Lipinski definition) is 5. The van der Waals surface area contributed by atoms with E-state index < -0.39 is 12.1 Å². The molecule has 0 spiro atoms. The molecule has 0 aliphatic carbocycles. The Labute approximate surface area is 145 Å². The molecule has 1 aromatic carbocycles. The number of hydrogen-bond donors (Lipinski definition) is 2. The number of rotatable bonds is 5. The number of carbonyl (C=O) groups excluding carboxylic acids is 3. The van der Waals surface area contributed by atoms with Gasteiger partial charge in [0.2, 0.25) is 5.91 Å². The van der Waals surface area contributed by atoms with Crippen LogP contribution in [-0.2, 0) is 14.3 Å². The Hall–Kier alpha value is -2.02. The number of nitrogens with one attached hydrogen (secondary N) is 2. The minimum absolute atomic E-state index is 0.0757. The van der Waals surface area contributed by atoms with Gasteiger partial charge >= 0.3 is 5.97 Å². The second-order valence-electron chi connectivity index (χ2n) is 6.04. The lowest BCUT2D eigenvalue weighted by molar-refractivity contribution is -0.129. The van der Waals surface area contributed by atoms with Crippen LogP contribution in [0.4, 0.5) is 5.69 Å². The number of benzene rings is 1. The summed E-state index contributed by atoms with van der Waals surface area (Å²) in [7, 11) is 0. The summed E-state index contributed by atoms with van der Waals surface area (Å²) in [6.45, 7) is 6.04. The van der Waals surface area contributed by atoms with E-state index in [-0.39, 0.29) is 11.8 Å². The van der Waals surface area contributed by atoms with Crippen LogP contribution in [0.1, 0.15) is 37.6 Å². The van der Waals surface area contributed by atoms with Gasteiger partial charge in [-0.25, -0.2) is 4.79 Å². The first-order chi connectivity index (χ1) is 11.4. The van der Waals surface area contributed by atoms with E-state index in [1.807, 2.05) is 13.8 Å². The van der Waals surface area contributed by atoms with Crippen LogP contribution in [0, 0.1) is 5.92 Å². The van der Waals surface area contributed by atoms with Gasteiger partial charge < -0.3 is 15.4 Å². The lowest BCUT2D eigenvalue weighted by Gasteiger charge is -2.15. The Morgan fingerprint density at radius 2 is 2.08 bits per heavy atom. The van der Waals surface area contributed by atoms with E-state index in [9.17, 15) is 14.4 Å². The van der Waals surface area contributed by atoms with E-state index in [0.29, 0.717) is 35.9 Å². The third kappa shape index (κ3) is 4.99. The van der Waals surface area contributed by atoms with Crippen molar-refractivity contribution in [3.8, 4) is 0 Å². The van der Waals surface area contributed by atoms with Crippen LogP contribution in [0.2, 0.25) is 0 Å². The Bertz CT molecular complexity index is 645. The summed E-state index contributed by atoms with van der Waals surface area (Å²) < 4.78 is 5.21. The fourth-order valence-corrected chi connectivity index (χ4v) is 3.01. The molecule has 0 saturated carbocycles. The molecule has 2 amide bonds. The van der Waals surface area contributed by atoms with Crippen molar-refractivity contribution in [2.75, 3.05) is 17.6 Å². The van der Waals surface area contributed by atoms with E-state index in [1.54, 1.807) is 30.0 Å². The molecule has 0 bridgehead atoms. The zero-order chi connectivity index (χ0) is 17.7. The van der Waals surface area contributed by atoms with Gasteiger partial charge in [-0.3, -0.25) is 9.59 Å². The van der Waals surface area contributed by atoms with Crippen LogP contribution >= 0.6 is 11.8 Å². The minimum atomic E-state index is -0.876. The molecule has 1 aliphatic rings. The summed E-state index contributed by atoms with van der Waals surface area (Å²) in [5.41, 5.74) is 0.911. The maximum absolute atomic E-state index is 12.2. The fourth-order valence-electron chi connectivity index (χ4n) is 2.08. The topological polar surface area (TPSA) is 84.5 Å². The van der Waals surface area contributed by atoms with Crippen molar-refractivity contribution in [2.45, 2.75) is 38.2 Å². The molecule has 2 rings (SSSR count). The molecular weight excluding hydrogens is 328 g/mol. The minimum Gasteiger partial charge on any atom is -0.449 e. The third-order valence-corrected chi connectivity index (χ3v) is 4.49.